The van der Waals surface area contributed by atoms with Crippen molar-refractivity contribution in [2.45, 2.75) is 64.3 Å². The second kappa shape index (κ2) is 8.10. The van der Waals surface area contributed by atoms with E-state index >= 15 is 0 Å². The number of piperidine rings is 2. The molecule has 1 aromatic heterocycles. The van der Waals surface area contributed by atoms with Crippen molar-refractivity contribution in [3.8, 4) is 0 Å². The van der Waals surface area contributed by atoms with Crippen molar-refractivity contribution >= 4 is 5.91 Å². The predicted octanol–water partition coefficient (Wildman–Crippen LogP) is 2.29. The third-order valence-corrected chi connectivity index (χ3v) is 5.64. The van der Waals surface area contributed by atoms with Crippen LogP contribution in [-0.4, -0.2) is 58.6 Å². The van der Waals surface area contributed by atoms with Gasteiger partial charge in [-0.05, 0) is 45.2 Å². The number of hydrogen-bond donors (Lipinski definition) is 0. The van der Waals surface area contributed by atoms with Gasteiger partial charge >= 0.3 is 0 Å². The maximum Gasteiger partial charge on any atom is 0.227 e. The van der Waals surface area contributed by atoms with Crippen molar-refractivity contribution in [3.63, 3.8) is 0 Å². The molecule has 3 heterocycles. The second-order valence-electron chi connectivity index (χ2n) is 7.22. The van der Waals surface area contributed by atoms with E-state index in [-0.39, 0.29) is 5.91 Å². The Morgan fingerprint density at radius 2 is 2.00 bits per heavy atom. The first-order valence-corrected chi connectivity index (χ1v) is 9.47. The molecule has 1 unspecified atom stereocenters. The fraction of sp³-hybridized carbons (Fsp3) is 0.833. The maximum atomic E-state index is 12.4. The van der Waals surface area contributed by atoms with E-state index in [9.17, 15) is 4.79 Å². The quantitative estimate of drug-likeness (QED) is 0.827. The first kappa shape index (κ1) is 17.4. The number of rotatable bonds is 5. The molecule has 0 spiro atoms. The van der Waals surface area contributed by atoms with Crippen LogP contribution >= 0.6 is 0 Å². The fourth-order valence-electron chi connectivity index (χ4n) is 4.14. The van der Waals surface area contributed by atoms with Gasteiger partial charge in [0.1, 0.15) is 0 Å². The lowest BCUT2D eigenvalue weighted by molar-refractivity contribution is -0.133. The van der Waals surface area contributed by atoms with Gasteiger partial charge in [0.25, 0.3) is 0 Å². The predicted molar refractivity (Wildman–Crippen MR) is 91.6 cm³/mol. The van der Waals surface area contributed by atoms with Gasteiger partial charge in [-0.1, -0.05) is 18.5 Å². The molecule has 0 N–H and O–H groups in total. The highest BCUT2D eigenvalue weighted by Gasteiger charge is 2.31. The van der Waals surface area contributed by atoms with Crippen molar-refractivity contribution < 1.29 is 9.32 Å². The fourth-order valence-corrected chi connectivity index (χ4v) is 4.14. The molecule has 1 amide bonds. The topological polar surface area (TPSA) is 62.5 Å². The van der Waals surface area contributed by atoms with E-state index in [0.717, 1.165) is 50.1 Å². The van der Waals surface area contributed by atoms with Crippen LogP contribution in [0.25, 0.3) is 0 Å². The van der Waals surface area contributed by atoms with Gasteiger partial charge < -0.3 is 14.3 Å². The minimum atomic E-state index is 0.224. The highest BCUT2D eigenvalue weighted by molar-refractivity contribution is 5.76. The van der Waals surface area contributed by atoms with Crippen molar-refractivity contribution in [1.29, 1.82) is 0 Å². The van der Waals surface area contributed by atoms with Crippen molar-refractivity contribution in [1.82, 2.24) is 19.9 Å². The minimum absolute atomic E-state index is 0.224. The lowest BCUT2D eigenvalue weighted by Gasteiger charge is -2.42. The normalized spacial score (nSPS) is 23.6. The van der Waals surface area contributed by atoms with Crippen LogP contribution in [-0.2, 0) is 17.6 Å². The largest absolute Gasteiger partial charge is 0.343 e. The number of likely N-dealkylation sites (tertiary alicyclic amines) is 2. The summed E-state index contributed by atoms with van der Waals surface area (Å²) < 4.78 is 5.16. The molecule has 2 fully saturated rings. The van der Waals surface area contributed by atoms with Crippen molar-refractivity contribution in [3.05, 3.63) is 11.7 Å². The van der Waals surface area contributed by atoms with Gasteiger partial charge in [0, 0.05) is 38.4 Å². The van der Waals surface area contributed by atoms with Crippen LogP contribution in [0.2, 0.25) is 0 Å². The maximum absolute atomic E-state index is 12.4. The summed E-state index contributed by atoms with van der Waals surface area (Å²) in [6.07, 6.45) is 8.09. The van der Waals surface area contributed by atoms with Gasteiger partial charge in [-0.2, -0.15) is 4.98 Å². The molecular formula is C18H30N4O2. The molecule has 2 saturated heterocycles. The lowest BCUT2D eigenvalue weighted by Crippen LogP contribution is -2.47. The minimum Gasteiger partial charge on any atom is -0.343 e. The summed E-state index contributed by atoms with van der Waals surface area (Å²) in [4.78, 5) is 21.3. The summed E-state index contributed by atoms with van der Waals surface area (Å²) >= 11 is 0. The summed E-state index contributed by atoms with van der Waals surface area (Å²) in [5.41, 5.74) is 0. The Bertz CT molecular complexity index is 537. The van der Waals surface area contributed by atoms with Crippen molar-refractivity contribution in [2.24, 2.45) is 5.92 Å². The molecule has 2 aliphatic heterocycles. The summed E-state index contributed by atoms with van der Waals surface area (Å²) in [7, 11) is 2.26. The Hall–Kier alpha value is -1.43. The van der Waals surface area contributed by atoms with E-state index in [0.29, 0.717) is 18.7 Å². The van der Waals surface area contributed by atoms with Crippen LogP contribution in [0.3, 0.4) is 0 Å². The van der Waals surface area contributed by atoms with E-state index in [1.54, 1.807) is 0 Å². The average molecular weight is 334 g/mol. The molecule has 0 radical (unpaired) electrons. The third kappa shape index (κ3) is 4.15. The Labute approximate surface area is 144 Å². The van der Waals surface area contributed by atoms with Crippen LogP contribution in [0.1, 0.15) is 57.2 Å². The molecule has 0 aliphatic carbocycles. The SMILES string of the molecule is CCc1noc(CCC(=O)N2CCC(C3CCCCN3C)CC2)n1. The molecule has 3 rings (SSSR count). The number of carbonyl (C=O) groups excluding carboxylic acids is 1. The van der Waals surface area contributed by atoms with Crippen LogP contribution in [0.15, 0.2) is 4.52 Å². The molecule has 24 heavy (non-hydrogen) atoms. The molecule has 0 aromatic carbocycles. The Morgan fingerprint density at radius 3 is 2.67 bits per heavy atom. The standard InChI is InChI=1S/C18H30N4O2/c1-3-16-19-17(24-20-16)7-8-18(23)22-12-9-14(10-13-22)15-6-4-5-11-21(15)2/h14-15H,3-13H2,1-2H3. The van der Waals surface area contributed by atoms with Gasteiger partial charge in [-0.15, -0.1) is 0 Å². The zero-order valence-electron chi connectivity index (χ0n) is 15.0. The van der Waals surface area contributed by atoms with Gasteiger partial charge in [0.15, 0.2) is 5.82 Å². The summed E-state index contributed by atoms with van der Waals surface area (Å²) in [5.74, 6) is 2.28. The highest BCUT2D eigenvalue weighted by atomic mass is 16.5. The Balaban J connectivity index is 1.43. The summed E-state index contributed by atoms with van der Waals surface area (Å²) in [6.45, 7) is 5.02. The third-order valence-electron chi connectivity index (χ3n) is 5.64. The lowest BCUT2D eigenvalue weighted by atomic mass is 9.84. The average Bonchev–Trinajstić information content (AvgIpc) is 3.08. The van der Waals surface area contributed by atoms with Crippen LogP contribution in [0, 0.1) is 5.92 Å². The number of carbonyl (C=O) groups is 1. The molecule has 0 saturated carbocycles. The van der Waals surface area contributed by atoms with E-state index in [1.807, 2.05) is 11.8 Å². The Morgan fingerprint density at radius 1 is 1.21 bits per heavy atom. The van der Waals surface area contributed by atoms with Crippen LogP contribution in [0.4, 0.5) is 0 Å². The number of aryl methyl sites for hydroxylation is 2. The zero-order valence-corrected chi connectivity index (χ0v) is 15.0. The molecule has 0 bridgehead atoms. The summed E-state index contributed by atoms with van der Waals surface area (Å²) in [5, 5.41) is 3.88. The van der Waals surface area contributed by atoms with E-state index < -0.39 is 0 Å². The monoisotopic (exact) mass is 334 g/mol. The number of nitrogens with zero attached hydrogens (tertiary/aromatic N) is 4. The first-order valence-electron chi connectivity index (χ1n) is 9.47. The van der Waals surface area contributed by atoms with Gasteiger partial charge in [0.05, 0.1) is 0 Å². The molecule has 6 heteroatoms. The molecular weight excluding hydrogens is 304 g/mol. The molecule has 2 aliphatic rings. The van der Waals surface area contributed by atoms with Gasteiger partial charge in [-0.25, -0.2) is 0 Å². The number of hydrogen-bond acceptors (Lipinski definition) is 5. The van der Waals surface area contributed by atoms with E-state index in [4.69, 9.17) is 4.52 Å². The Kier molecular flexibility index (Phi) is 5.87. The zero-order chi connectivity index (χ0) is 16.9. The molecule has 134 valence electrons. The second-order valence-corrected chi connectivity index (χ2v) is 7.22. The smallest absolute Gasteiger partial charge is 0.227 e. The highest BCUT2D eigenvalue weighted by Crippen LogP contribution is 2.29. The van der Waals surface area contributed by atoms with E-state index in [1.165, 1.54) is 25.8 Å². The number of aromatic nitrogens is 2. The molecule has 1 atom stereocenters. The summed E-state index contributed by atoms with van der Waals surface area (Å²) in [6, 6.07) is 0.724. The number of amides is 1. The first-order chi connectivity index (χ1) is 11.7. The molecule has 1 aromatic rings. The van der Waals surface area contributed by atoms with Gasteiger partial charge in [-0.3, -0.25) is 4.79 Å². The van der Waals surface area contributed by atoms with Gasteiger partial charge in [0.2, 0.25) is 11.8 Å². The molecule has 6 nitrogen and oxygen atoms in total. The van der Waals surface area contributed by atoms with Crippen LogP contribution < -0.4 is 0 Å². The van der Waals surface area contributed by atoms with E-state index in [2.05, 4.69) is 22.1 Å². The van der Waals surface area contributed by atoms with Crippen molar-refractivity contribution in [2.75, 3.05) is 26.7 Å². The van der Waals surface area contributed by atoms with Crippen LogP contribution in [0.5, 0.6) is 0 Å².